The zero-order valence-electron chi connectivity index (χ0n) is 12.0. The molecule has 1 aliphatic carbocycles. The summed E-state index contributed by atoms with van der Waals surface area (Å²) in [7, 11) is 1.41. The van der Waals surface area contributed by atoms with Crippen LogP contribution in [0.2, 0.25) is 0 Å². The third-order valence-corrected chi connectivity index (χ3v) is 5.27. The summed E-state index contributed by atoms with van der Waals surface area (Å²) in [5.74, 6) is -0.348. The van der Waals surface area contributed by atoms with Crippen molar-refractivity contribution in [3.8, 4) is 0 Å². The summed E-state index contributed by atoms with van der Waals surface area (Å²) in [6.07, 6.45) is 9.00. The van der Waals surface area contributed by atoms with Gasteiger partial charge >= 0.3 is 5.97 Å². The molecule has 20 heavy (non-hydrogen) atoms. The van der Waals surface area contributed by atoms with Gasteiger partial charge < -0.3 is 9.64 Å². The van der Waals surface area contributed by atoms with Crippen molar-refractivity contribution in [3.63, 3.8) is 0 Å². The van der Waals surface area contributed by atoms with Gasteiger partial charge in [-0.1, -0.05) is 0 Å². The standard InChI is InChI=1S/C15H20N2O2S/c1-19-14(18)13-12(9-11(20-2)10-16-13)17-7-5-15(3-4-15)6-8-17/h9-10H,3-8H2,1-2H3. The van der Waals surface area contributed by atoms with Crippen molar-refractivity contribution >= 4 is 23.4 Å². The molecule has 1 saturated heterocycles. The lowest BCUT2D eigenvalue weighted by Crippen LogP contribution is -2.35. The maximum Gasteiger partial charge on any atom is 0.358 e. The molecule has 0 atom stereocenters. The van der Waals surface area contributed by atoms with E-state index in [1.54, 1.807) is 18.0 Å². The van der Waals surface area contributed by atoms with Crippen molar-refractivity contribution in [2.24, 2.45) is 5.41 Å². The van der Waals surface area contributed by atoms with Crippen LogP contribution >= 0.6 is 11.8 Å². The predicted molar refractivity (Wildman–Crippen MR) is 80.5 cm³/mol. The number of piperidine rings is 1. The molecule has 1 saturated carbocycles. The van der Waals surface area contributed by atoms with Crippen LogP contribution in [-0.2, 0) is 4.74 Å². The Morgan fingerprint density at radius 3 is 2.60 bits per heavy atom. The largest absolute Gasteiger partial charge is 0.464 e. The lowest BCUT2D eigenvalue weighted by molar-refractivity contribution is 0.0594. The maximum absolute atomic E-state index is 11.9. The second-order valence-electron chi connectivity index (χ2n) is 5.72. The van der Waals surface area contributed by atoms with E-state index >= 15 is 0 Å². The van der Waals surface area contributed by atoms with Gasteiger partial charge in [-0.15, -0.1) is 11.8 Å². The smallest absolute Gasteiger partial charge is 0.358 e. The molecule has 0 aromatic carbocycles. The van der Waals surface area contributed by atoms with E-state index in [0.29, 0.717) is 11.1 Å². The lowest BCUT2D eigenvalue weighted by atomic mass is 9.93. The number of anilines is 1. The van der Waals surface area contributed by atoms with Gasteiger partial charge in [0, 0.05) is 24.2 Å². The number of pyridine rings is 1. The van der Waals surface area contributed by atoms with E-state index in [9.17, 15) is 4.79 Å². The van der Waals surface area contributed by atoms with Gasteiger partial charge in [-0.3, -0.25) is 0 Å². The Hall–Kier alpha value is -1.23. The number of rotatable bonds is 3. The van der Waals surface area contributed by atoms with E-state index in [-0.39, 0.29) is 5.97 Å². The molecule has 2 fully saturated rings. The van der Waals surface area contributed by atoms with E-state index in [1.807, 2.05) is 6.26 Å². The molecule has 2 heterocycles. The molecule has 0 amide bonds. The number of carbonyl (C=O) groups excluding carboxylic acids is 1. The Labute approximate surface area is 123 Å². The Balaban J connectivity index is 1.87. The van der Waals surface area contributed by atoms with E-state index in [2.05, 4.69) is 16.0 Å². The van der Waals surface area contributed by atoms with Gasteiger partial charge in [0.25, 0.3) is 0 Å². The highest BCUT2D eigenvalue weighted by Gasteiger charge is 2.44. The summed E-state index contributed by atoms with van der Waals surface area (Å²) in [6, 6.07) is 2.06. The fourth-order valence-corrected chi connectivity index (χ4v) is 3.33. The van der Waals surface area contributed by atoms with Crippen LogP contribution in [-0.4, -0.2) is 37.4 Å². The second kappa shape index (κ2) is 5.28. The number of ether oxygens (including phenoxy) is 1. The molecule has 108 valence electrons. The molecule has 0 bridgehead atoms. The lowest BCUT2D eigenvalue weighted by Gasteiger charge is -2.34. The average molecular weight is 292 g/mol. The van der Waals surface area contributed by atoms with Gasteiger partial charge in [0.05, 0.1) is 12.8 Å². The second-order valence-corrected chi connectivity index (χ2v) is 6.60. The van der Waals surface area contributed by atoms with Gasteiger partial charge in [-0.2, -0.15) is 0 Å². The first kappa shape index (κ1) is 13.7. The van der Waals surface area contributed by atoms with Crippen molar-refractivity contribution in [2.45, 2.75) is 30.6 Å². The molecule has 1 spiro atoms. The van der Waals surface area contributed by atoms with Crippen LogP contribution in [0.15, 0.2) is 17.2 Å². The minimum atomic E-state index is -0.348. The molecule has 4 nitrogen and oxygen atoms in total. The minimum absolute atomic E-state index is 0.348. The molecule has 1 aromatic rings. The van der Waals surface area contributed by atoms with Crippen LogP contribution in [0.3, 0.4) is 0 Å². The number of thioether (sulfide) groups is 1. The molecule has 0 radical (unpaired) electrons. The molecule has 0 unspecified atom stereocenters. The number of methoxy groups -OCH3 is 1. The summed E-state index contributed by atoms with van der Waals surface area (Å²) >= 11 is 1.65. The monoisotopic (exact) mass is 292 g/mol. The van der Waals surface area contributed by atoms with E-state index in [4.69, 9.17) is 4.74 Å². The molecule has 3 rings (SSSR count). The Bertz CT molecular complexity index is 519. The maximum atomic E-state index is 11.9. The normalized spacial score (nSPS) is 20.0. The first-order valence-corrected chi connectivity index (χ1v) is 8.27. The molecular formula is C15H20N2O2S. The Morgan fingerprint density at radius 2 is 2.05 bits per heavy atom. The molecule has 5 heteroatoms. The SMILES string of the molecule is COC(=O)c1ncc(SC)cc1N1CCC2(CC1)CC2. The molecular weight excluding hydrogens is 272 g/mol. The number of nitrogens with zero attached hydrogens (tertiary/aromatic N) is 2. The molecule has 2 aliphatic rings. The van der Waals surface area contributed by atoms with Crippen LogP contribution in [0.5, 0.6) is 0 Å². The number of aromatic nitrogens is 1. The third-order valence-electron chi connectivity index (χ3n) is 4.58. The van der Waals surface area contributed by atoms with Crippen molar-refractivity contribution < 1.29 is 9.53 Å². The number of carbonyl (C=O) groups is 1. The quantitative estimate of drug-likeness (QED) is 0.633. The summed E-state index contributed by atoms with van der Waals surface area (Å²) in [5, 5.41) is 0. The van der Waals surface area contributed by atoms with E-state index in [0.717, 1.165) is 23.7 Å². The van der Waals surface area contributed by atoms with Gasteiger partial charge in [0.15, 0.2) is 5.69 Å². The summed E-state index contributed by atoms with van der Waals surface area (Å²) in [5.41, 5.74) is 2.00. The zero-order valence-corrected chi connectivity index (χ0v) is 12.8. The highest BCUT2D eigenvalue weighted by Crippen LogP contribution is 2.54. The van der Waals surface area contributed by atoms with E-state index < -0.39 is 0 Å². The average Bonchev–Trinajstić information content (AvgIpc) is 3.26. The summed E-state index contributed by atoms with van der Waals surface area (Å²) in [4.78, 5) is 19.6. The van der Waals surface area contributed by atoms with Gasteiger partial charge in [0.1, 0.15) is 0 Å². The summed E-state index contributed by atoms with van der Waals surface area (Å²) in [6.45, 7) is 2.03. The first-order chi connectivity index (χ1) is 9.67. The van der Waals surface area contributed by atoms with Gasteiger partial charge in [-0.25, -0.2) is 9.78 Å². The van der Waals surface area contributed by atoms with Crippen LogP contribution in [0, 0.1) is 5.41 Å². The van der Waals surface area contributed by atoms with Gasteiger partial charge in [-0.05, 0) is 43.4 Å². The number of esters is 1. The molecule has 1 aliphatic heterocycles. The van der Waals surface area contributed by atoms with Crippen molar-refractivity contribution in [3.05, 3.63) is 18.0 Å². The minimum Gasteiger partial charge on any atom is -0.464 e. The predicted octanol–water partition coefficient (Wildman–Crippen LogP) is 2.97. The van der Waals surface area contributed by atoms with Crippen LogP contribution in [0.25, 0.3) is 0 Å². The number of hydrogen-bond acceptors (Lipinski definition) is 5. The summed E-state index contributed by atoms with van der Waals surface area (Å²) < 4.78 is 4.86. The third kappa shape index (κ3) is 2.51. The highest BCUT2D eigenvalue weighted by molar-refractivity contribution is 7.98. The Morgan fingerprint density at radius 1 is 1.35 bits per heavy atom. The van der Waals surface area contributed by atoms with Crippen molar-refractivity contribution in [1.29, 1.82) is 0 Å². The Kier molecular flexibility index (Phi) is 3.63. The first-order valence-electron chi connectivity index (χ1n) is 7.05. The molecule has 1 aromatic heterocycles. The highest BCUT2D eigenvalue weighted by atomic mass is 32.2. The topological polar surface area (TPSA) is 42.4 Å². The fourth-order valence-electron chi connectivity index (χ4n) is 2.94. The number of hydrogen-bond donors (Lipinski definition) is 0. The van der Waals surface area contributed by atoms with Crippen LogP contribution in [0.1, 0.15) is 36.2 Å². The van der Waals surface area contributed by atoms with Gasteiger partial charge in [0.2, 0.25) is 0 Å². The van der Waals surface area contributed by atoms with E-state index in [1.165, 1.54) is 32.8 Å². The van der Waals surface area contributed by atoms with Crippen LogP contribution < -0.4 is 4.90 Å². The zero-order chi connectivity index (χ0) is 14.2. The fraction of sp³-hybridized carbons (Fsp3) is 0.600. The van der Waals surface area contributed by atoms with Crippen molar-refractivity contribution in [2.75, 3.05) is 31.4 Å². The molecule has 0 N–H and O–H groups in total. The van der Waals surface area contributed by atoms with Crippen LogP contribution in [0.4, 0.5) is 5.69 Å². The van der Waals surface area contributed by atoms with Crippen molar-refractivity contribution in [1.82, 2.24) is 4.98 Å².